The van der Waals surface area contributed by atoms with Crippen molar-refractivity contribution in [1.82, 2.24) is 14.8 Å². The normalized spacial score (nSPS) is 10.6. The molecule has 0 radical (unpaired) electrons. The molecule has 2 aromatic rings. The highest BCUT2D eigenvalue weighted by Gasteiger charge is 2.09. The van der Waals surface area contributed by atoms with Crippen molar-refractivity contribution in [3.05, 3.63) is 27.3 Å². The van der Waals surface area contributed by atoms with E-state index in [2.05, 4.69) is 10.1 Å². The second kappa shape index (κ2) is 3.75. The first-order chi connectivity index (χ1) is 7.08. The molecule has 0 aliphatic heterocycles. The maximum absolute atomic E-state index is 11.1. The van der Waals surface area contributed by atoms with Crippen LogP contribution in [0.4, 0.5) is 0 Å². The summed E-state index contributed by atoms with van der Waals surface area (Å²) in [5.41, 5.74) is 0.744. The number of hydrogen-bond acceptors (Lipinski definition) is 4. The predicted molar refractivity (Wildman–Crippen MR) is 59.0 cm³/mol. The molecule has 0 atom stereocenters. The van der Waals surface area contributed by atoms with Gasteiger partial charge >= 0.3 is 0 Å². The molecule has 0 aromatic carbocycles. The van der Waals surface area contributed by atoms with Crippen LogP contribution < -0.4 is 0 Å². The molecule has 2 heterocycles. The average molecular weight is 242 g/mol. The Hall–Kier alpha value is -1.20. The third-order valence-electron chi connectivity index (χ3n) is 1.87. The molecule has 78 valence electrons. The predicted octanol–water partition coefficient (Wildman–Crippen LogP) is 2.49. The summed E-state index contributed by atoms with van der Waals surface area (Å²) in [6, 6.07) is 0. The molecule has 0 aliphatic rings. The van der Waals surface area contributed by atoms with E-state index in [0.29, 0.717) is 15.8 Å². The molecule has 0 unspecified atom stereocenters. The minimum absolute atomic E-state index is 0.0405. The van der Waals surface area contributed by atoms with Crippen LogP contribution >= 0.6 is 22.9 Å². The number of nitrogens with zero attached hydrogens (tertiary/aromatic N) is 3. The molecule has 0 aliphatic carbocycles. The van der Waals surface area contributed by atoms with Gasteiger partial charge in [0.1, 0.15) is 0 Å². The van der Waals surface area contributed by atoms with Crippen molar-refractivity contribution < 1.29 is 4.79 Å². The molecule has 0 N–H and O–H groups in total. The molecular weight excluding hydrogens is 234 g/mol. The molecule has 0 spiro atoms. The van der Waals surface area contributed by atoms with Crippen LogP contribution in [0.25, 0.3) is 5.82 Å². The summed E-state index contributed by atoms with van der Waals surface area (Å²) in [7, 11) is 0. The maximum atomic E-state index is 11.1. The third kappa shape index (κ3) is 1.93. The van der Waals surface area contributed by atoms with Crippen molar-refractivity contribution in [3.8, 4) is 5.82 Å². The van der Waals surface area contributed by atoms with Crippen LogP contribution in [0.3, 0.4) is 0 Å². The molecule has 15 heavy (non-hydrogen) atoms. The molecule has 0 fully saturated rings. The number of aryl methyl sites for hydroxylation is 1. The molecule has 0 bridgehead atoms. The zero-order valence-electron chi connectivity index (χ0n) is 8.19. The minimum atomic E-state index is -0.0405. The fourth-order valence-corrected chi connectivity index (χ4v) is 1.91. The number of carbonyl (C=O) groups is 1. The first kappa shape index (κ1) is 10.3. The van der Waals surface area contributed by atoms with E-state index < -0.39 is 0 Å². The summed E-state index contributed by atoms with van der Waals surface area (Å²) >= 11 is 7.18. The van der Waals surface area contributed by atoms with Crippen LogP contribution in [0, 0.1) is 6.92 Å². The highest BCUT2D eigenvalue weighted by molar-refractivity contribution is 7.11. The fourth-order valence-electron chi connectivity index (χ4n) is 1.09. The van der Waals surface area contributed by atoms with Gasteiger partial charge in [0.05, 0.1) is 16.9 Å². The Labute approximate surface area is 95.5 Å². The second-order valence-electron chi connectivity index (χ2n) is 3.07. The van der Waals surface area contributed by atoms with Gasteiger partial charge in [-0.2, -0.15) is 5.10 Å². The maximum Gasteiger partial charge on any atom is 0.188 e. The second-order valence-corrected chi connectivity index (χ2v) is 4.34. The van der Waals surface area contributed by atoms with Crippen molar-refractivity contribution in [2.75, 3.05) is 0 Å². The zero-order valence-corrected chi connectivity index (χ0v) is 9.76. The Morgan fingerprint density at radius 1 is 1.60 bits per heavy atom. The van der Waals surface area contributed by atoms with Gasteiger partial charge in [-0.1, -0.05) is 11.6 Å². The summed E-state index contributed by atoms with van der Waals surface area (Å²) in [5.74, 6) is 0.585. The van der Waals surface area contributed by atoms with Gasteiger partial charge in [-0.15, -0.1) is 11.3 Å². The lowest BCUT2D eigenvalue weighted by Gasteiger charge is -1.92. The lowest BCUT2D eigenvalue weighted by Crippen LogP contribution is -1.97. The molecule has 0 saturated carbocycles. The van der Waals surface area contributed by atoms with E-state index in [1.165, 1.54) is 18.3 Å². The summed E-state index contributed by atoms with van der Waals surface area (Å²) in [6.45, 7) is 3.31. The first-order valence-corrected chi connectivity index (χ1v) is 5.52. The Morgan fingerprint density at radius 3 is 2.80 bits per heavy atom. The van der Waals surface area contributed by atoms with Crippen LogP contribution in [0.1, 0.15) is 22.4 Å². The summed E-state index contributed by atoms with van der Waals surface area (Å²) in [5, 5.41) is 7.02. The van der Waals surface area contributed by atoms with Crippen LogP contribution in [-0.4, -0.2) is 20.5 Å². The van der Waals surface area contributed by atoms with Crippen LogP contribution in [0.15, 0.2) is 11.6 Å². The van der Waals surface area contributed by atoms with Crippen molar-refractivity contribution >= 4 is 28.7 Å². The molecule has 0 amide bonds. The number of hydrogen-bond donors (Lipinski definition) is 0. The lowest BCUT2D eigenvalue weighted by molar-refractivity contribution is 0.101. The minimum Gasteiger partial charge on any atom is -0.292 e. The number of halogens is 1. The molecule has 2 aromatic heterocycles. The van der Waals surface area contributed by atoms with Crippen molar-refractivity contribution in [2.45, 2.75) is 13.8 Å². The fraction of sp³-hybridized carbons (Fsp3) is 0.222. The summed E-state index contributed by atoms with van der Waals surface area (Å²) < 4.78 is 1.57. The quantitative estimate of drug-likeness (QED) is 0.759. The van der Waals surface area contributed by atoms with E-state index in [-0.39, 0.29) is 5.78 Å². The number of aromatic nitrogens is 3. The van der Waals surface area contributed by atoms with E-state index in [1.54, 1.807) is 16.3 Å². The largest absolute Gasteiger partial charge is 0.292 e. The van der Waals surface area contributed by atoms with Gasteiger partial charge in [-0.25, -0.2) is 9.67 Å². The first-order valence-electron chi connectivity index (χ1n) is 4.26. The Kier molecular flexibility index (Phi) is 2.58. The number of rotatable bonds is 2. The third-order valence-corrected chi connectivity index (χ3v) is 3.17. The van der Waals surface area contributed by atoms with E-state index in [1.807, 2.05) is 6.92 Å². The number of carbonyl (C=O) groups excluding carboxylic acids is 1. The number of thiazole rings is 1. The SMILES string of the molecule is CC(=O)c1nc(-n2cc(Cl)c(C)n2)cs1. The van der Waals surface area contributed by atoms with Gasteiger partial charge in [0.15, 0.2) is 16.6 Å². The van der Waals surface area contributed by atoms with E-state index >= 15 is 0 Å². The zero-order chi connectivity index (χ0) is 11.0. The van der Waals surface area contributed by atoms with E-state index in [9.17, 15) is 4.79 Å². The van der Waals surface area contributed by atoms with Gasteiger partial charge in [-0.05, 0) is 6.92 Å². The standard InChI is InChI=1S/C9H8ClN3OS/c1-5-7(10)3-13(12-5)8-4-15-9(11-8)6(2)14/h3-4H,1-2H3. The highest BCUT2D eigenvalue weighted by atomic mass is 35.5. The molecule has 4 nitrogen and oxygen atoms in total. The van der Waals surface area contributed by atoms with Gasteiger partial charge in [0.25, 0.3) is 0 Å². The Morgan fingerprint density at radius 2 is 2.33 bits per heavy atom. The number of Topliss-reactive ketones (excluding diaryl/α,β-unsaturated/α-hetero) is 1. The Balaban J connectivity index is 2.41. The van der Waals surface area contributed by atoms with Gasteiger partial charge in [0.2, 0.25) is 0 Å². The van der Waals surface area contributed by atoms with Crippen LogP contribution in [0.2, 0.25) is 5.02 Å². The van der Waals surface area contributed by atoms with Crippen LogP contribution in [0.5, 0.6) is 0 Å². The van der Waals surface area contributed by atoms with Crippen molar-refractivity contribution in [2.24, 2.45) is 0 Å². The summed E-state index contributed by atoms with van der Waals surface area (Å²) in [4.78, 5) is 15.2. The van der Waals surface area contributed by atoms with E-state index in [0.717, 1.165) is 5.69 Å². The molecule has 2 rings (SSSR count). The van der Waals surface area contributed by atoms with Crippen molar-refractivity contribution in [1.29, 1.82) is 0 Å². The smallest absolute Gasteiger partial charge is 0.188 e. The van der Waals surface area contributed by atoms with E-state index in [4.69, 9.17) is 11.6 Å². The van der Waals surface area contributed by atoms with Crippen LogP contribution in [-0.2, 0) is 0 Å². The lowest BCUT2D eigenvalue weighted by atomic mass is 10.5. The monoisotopic (exact) mass is 241 g/mol. The van der Waals surface area contributed by atoms with Crippen molar-refractivity contribution in [3.63, 3.8) is 0 Å². The topological polar surface area (TPSA) is 47.8 Å². The summed E-state index contributed by atoms with van der Waals surface area (Å²) in [6.07, 6.45) is 1.68. The average Bonchev–Trinajstić information content (AvgIpc) is 2.74. The molecular formula is C9H8ClN3OS. The van der Waals surface area contributed by atoms with Gasteiger partial charge in [-0.3, -0.25) is 4.79 Å². The van der Waals surface area contributed by atoms with Gasteiger partial charge < -0.3 is 0 Å². The Bertz CT molecular complexity index is 498. The van der Waals surface area contributed by atoms with Gasteiger partial charge in [0, 0.05) is 12.3 Å². The molecule has 6 heteroatoms. The molecule has 0 saturated heterocycles. The highest BCUT2D eigenvalue weighted by Crippen LogP contribution is 2.18. The number of ketones is 1.